The van der Waals surface area contributed by atoms with Crippen molar-refractivity contribution >= 4 is 16.9 Å². The van der Waals surface area contributed by atoms with Gasteiger partial charge in [0.15, 0.2) is 0 Å². The summed E-state index contributed by atoms with van der Waals surface area (Å²) in [6.45, 7) is 1.33. The van der Waals surface area contributed by atoms with Crippen molar-refractivity contribution in [1.82, 2.24) is 30.2 Å². The number of H-pyrrole nitrogens is 1. The monoisotopic (exact) mass is 324 g/mol. The predicted molar refractivity (Wildman–Crippen MR) is 90.5 cm³/mol. The van der Waals surface area contributed by atoms with Gasteiger partial charge < -0.3 is 20.2 Å². The van der Waals surface area contributed by atoms with Gasteiger partial charge in [0.2, 0.25) is 5.91 Å². The van der Waals surface area contributed by atoms with Crippen LogP contribution in [0, 0.1) is 0 Å². The summed E-state index contributed by atoms with van der Waals surface area (Å²) in [6, 6.07) is 7.67. The first-order valence-electron chi connectivity index (χ1n) is 8.17. The van der Waals surface area contributed by atoms with E-state index in [1.54, 1.807) is 6.33 Å². The number of imidazole rings is 2. The Kier molecular flexibility index (Phi) is 3.78. The fraction of sp³-hybridized carbons (Fsp3) is 0.353. The molecule has 0 fully saturated rings. The molecule has 0 saturated carbocycles. The van der Waals surface area contributed by atoms with E-state index in [1.807, 2.05) is 25.2 Å². The topological polar surface area (TPSA) is 87.6 Å². The maximum Gasteiger partial charge on any atom is 0.243 e. The number of hydrogen-bond donors (Lipinski definition) is 3. The maximum absolute atomic E-state index is 12.5. The second-order valence-corrected chi connectivity index (χ2v) is 6.02. The third kappa shape index (κ3) is 2.56. The maximum atomic E-state index is 12.5. The van der Waals surface area contributed by atoms with Crippen LogP contribution >= 0.6 is 0 Å². The molecule has 0 bridgehead atoms. The molecule has 2 aromatic heterocycles. The molecule has 3 N–H and O–H groups in total. The Hall–Kier alpha value is -2.67. The zero-order valence-electron chi connectivity index (χ0n) is 13.5. The molecule has 3 heterocycles. The number of para-hydroxylation sites is 2. The number of carbonyl (C=O) groups is 1. The quantitative estimate of drug-likeness (QED) is 0.664. The van der Waals surface area contributed by atoms with Gasteiger partial charge in [-0.3, -0.25) is 4.79 Å². The Morgan fingerprint density at radius 1 is 1.42 bits per heavy atom. The molecule has 1 aromatic carbocycles. The van der Waals surface area contributed by atoms with Gasteiger partial charge in [0, 0.05) is 38.7 Å². The molecule has 1 aliphatic rings. The van der Waals surface area contributed by atoms with Gasteiger partial charge >= 0.3 is 0 Å². The normalized spacial score (nSPS) is 17.0. The smallest absolute Gasteiger partial charge is 0.243 e. The van der Waals surface area contributed by atoms with Crippen LogP contribution in [-0.2, 0) is 24.7 Å². The Bertz CT molecular complexity index is 880. The Morgan fingerprint density at radius 2 is 2.29 bits per heavy atom. The number of aryl methyl sites for hydroxylation is 1. The lowest BCUT2D eigenvalue weighted by molar-refractivity contribution is -0.123. The van der Waals surface area contributed by atoms with Gasteiger partial charge in [0.1, 0.15) is 11.9 Å². The number of fused-ring (bicyclic) bond motifs is 2. The van der Waals surface area contributed by atoms with E-state index in [1.165, 1.54) is 0 Å². The van der Waals surface area contributed by atoms with E-state index in [-0.39, 0.29) is 11.9 Å². The minimum atomic E-state index is -0.375. The molecule has 0 unspecified atom stereocenters. The number of benzene rings is 1. The van der Waals surface area contributed by atoms with Gasteiger partial charge in [-0.1, -0.05) is 12.1 Å². The Morgan fingerprint density at radius 3 is 3.17 bits per heavy atom. The van der Waals surface area contributed by atoms with Crippen LogP contribution in [0.25, 0.3) is 11.0 Å². The first-order chi connectivity index (χ1) is 11.7. The molecular formula is C17H20N6O. The SMILES string of the molecule is Cn1c(CCNC(=O)[C@H]2NCCc3[nH]cnc32)nc2ccccc21. The molecule has 3 aromatic rings. The van der Waals surface area contributed by atoms with Crippen LogP contribution in [0.1, 0.15) is 23.3 Å². The first-order valence-corrected chi connectivity index (χ1v) is 8.17. The summed E-state index contributed by atoms with van der Waals surface area (Å²) in [7, 11) is 2.01. The molecule has 1 aliphatic heterocycles. The van der Waals surface area contributed by atoms with Crippen LogP contribution < -0.4 is 10.6 Å². The molecule has 1 amide bonds. The van der Waals surface area contributed by atoms with Crippen molar-refractivity contribution < 1.29 is 4.79 Å². The molecule has 24 heavy (non-hydrogen) atoms. The lowest BCUT2D eigenvalue weighted by Gasteiger charge is -2.22. The molecular weight excluding hydrogens is 304 g/mol. The molecule has 0 radical (unpaired) electrons. The number of aromatic amines is 1. The van der Waals surface area contributed by atoms with Crippen LogP contribution in [0.2, 0.25) is 0 Å². The molecule has 0 spiro atoms. The minimum Gasteiger partial charge on any atom is -0.354 e. The standard InChI is InChI=1S/C17H20N6O/c1-23-13-5-3-2-4-11(13)22-14(23)7-9-19-17(24)16-15-12(6-8-18-16)20-10-21-15/h2-5,10,16,18H,6-9H2,1H3,(H,19,24)(H,20,21)/t16-/m0/s1. The summed E-state index contributed by atoms with van der Waals surface area (Å²) in [4.78, 5) is 24.5. The van der Waals surface area contributed by atoms with Crippen molar-refractivity contribution in [2.75, 3.05) is 13.1 Å². The largest absolute Gasteiger partial charge is 0.354 e. The van der Waals surface area contributed by atoms with Gasteiger partial charge in [-0.05, 0) is 12.1 Å². The summed E-state index contributed by atoms with van der Waals surface area (Å²) in [5, 5.41) is 6.22. The molecule has 7 nitrogen and oxygen atoms in total. The third-order valence-corrected chi connectivity index (χ3v) is 4.54. The second-order valence-electron chi connectivity index (χ2n) is 6.02. The van der Waals surface area contributed by atoms with Crippen molar-refractivity contribution in [2.24, 2.45) is 7.05 Å². The molecule has 1 atom stereocenters. The highest BCUT2D eigenvalue weighted by Gasteiger charge is 2.28. The number of nitrogens with one attached hydrogen (secondary N) is 3. The number of rotatable bonds is 4. The summed E-state index contributed by atoms with van der Waals surface area (Å²) >= 11 is 0. The van der Waals surface area contributed by atoms with E-state index < -0.39 is 0 Å². The number of nitrogens with zero attached hydrogens (tertiary/aromatic N) is 3. The molecule has 7 heteroatoms. The summed E-state index contributed by atoms with van der Waals surface area (Å²) in [5.74, 6) is 0.926. The fourth-order valence-electron chi connectivity index (χ4n) is 3.25. The van der Waals surface area contributed by atoms with Crippen LogP contribution in [0.5, 0.6) is 0 Å². The van der Waals surface area contributed by atoms with Crippen LogP contribution in [0.4, 0.5) is 0 Å². The molecule has 4 rings (SSSR count). The summed E-state index contributed by atoms with van der Waals surface area (Å²) in [5.41, 5.74) is 3.94. The Labute approximate surface area is 139 Å². The van der Waals surface area contributed by atoms with Crippen LogP contribution in [0.3, 0.4) is 0 Å². The number of amides is 1. The van der Waals surface area contributed by atoms with Gasteiger partial charge in [0.25, 0.3) is 0 Å². The molecule has 0 saturated heterocycles. The van der Waals surface area contributed by atoms with E-state index >= 15 is 0 Å². The van der Waals surface area contributed by atoms with Crippen molar-refractivity contribution in [1.29, 1.82) is 0 Å². The van der Waals surface area contributed by atoms with Crippen LogP contribution in [-0.4, -0.2) is 38.5 Å². The average Bonchev–Trinajstić information content (AvgIpc) is 3.20. The van der Waals surface area contributed by atoms with Crippen LogP contribution in [0.15, 0.2) is 30.6 Å². The zero-order valence-corrected chi connectivity index (χ0v) is 13.5. The highest BCUT2D eigenvalue weighted by Crippen LogP contribution is 2.19. The lowest BCUT2D eigenvalue weighted by Crippen LogP contribution is -2.42. The second kappa shape index (κ2) is 6.09. The number of aromatic nitrogens is 4. The van der Waals surface area contributed by atoms with E-state index in [9.17, 15) is 4.79 Å². The third-order valence-electron chi connectivity index (χ3n) is 4.54. The van der Waals surface area contributed by atoms with E-state index in [0.29, 0.717) is 13.0 Å². The minimum absolute atomic E-state index is 0.0400. The highest BCUT2D eigenvalue weighted by atomic mass is 16.2. The number of hydrogen-bond acceptors (Lipinski definition) is 4. The summed E-state index contributed by atoms with van der Waals surface area (Å²) in [6.07, 6.45) is 3.22. The van der Waals surface area contributed by atoms with E-state index in [2.05, 4.69) is 36.2 Å². The fourth-order valence-corrected chi connectivity index (χ4v) is 3.25. The van der Waals surface area contributed by atoms with Gasteiger partial charge in [-0.2, -0.15) is 0 Å². The van der Waals surface area contributed by atoms with Gasteiger partial charge in [0.05, 0.1) is 23.1 Å². The zero-order chi connectivity index (χ0) is 16.5. The first kappa shape index (κ1) is 14.9. The lowest BCUT2D eigenvalue weighted by atomic mass is 10.1. The molecule has 0 aliphatic carbocycles. The van der Waals surface area contributed by atoms with Gasteiger partial charge in [-0.15, -0.1) is 0 Å². The average molecular weight is 324 g/mol. The van der Waals surface area contributed by atoms with E-state index in [4.69, 9.17) is 0 Å². The molecule has 124 valence electrons. The van der Waals surface area contributed by atoms with E-state index in [0.717, 1.165) is 41.2 Å². The van der Waals surface area contributed by atoms with Crippen molar-refractivity contribution in [3.8, 4) is 0 Å². The van der Waals surface area contributed by atoms with Crippen molar-refractivity contribution in [2.45, 2.75) is 18.9 Å². The highest BCUT2D eigenvalue weighted by molar-refractivity contribution is 5.83. The van der Waals surface area contributed by atoms with Crippen molar-refractivity contribution in [3.63, 3.8) is 0 Å². The number of carbonyl (C=O) groups excluding carboxylic acids is 1. The van der Waals surface area contributed by atoms with Gasteiger partial charge in [-0.25, -0.2) is 9.97 Å². The Balaban J connectivity index is 1.41. The summed E-state index contributed by atoms with van der Waals surface area (Å²) < 4.78 is 2.08. The van der Waals surface area contributed by atoms with Crippen molar-refractivity contribution in [3.05, 3.63) is 47.8 Å². The predicted octanol–water partition coefficient (Wildman–Crippen LogP) is 0.842.